The molecule has 0 aliphatic carbocycles. The number of nitrogens with one attached hydrogen (secondary N) is 1. The molecule has 94 valence electrons. The lowest BCUT2D eigenvalue weighted by Gasteiger charge is -2.27. The molecule has 0 bridgehead atoms. The molecule has 3 nitrogen and oxygen atoms in total. The zero-order chi connectivity index (χ0) is 11.5. The van der Waals surface area contributed by atoms with Crippen molar-refractivity contribution in [3.05, 3.63) is 35.4 Å². The Morgan fingerprint density at radius 2 is 1.71 bits per heavy atom. The van der Waals surface area contributed by atoms with Crippen LogP contribution < -0.4 is 5.32 Å². The number of halogens is 3. The topological polar surface area (TPSA) is 32.3 Å². The quantitative estimate of drug-likeness (QED) is 0.831. The van der Waals surface area contributed by atoms with Crippen LogP contribution in [0.15, 0.2) is 18.2 Å². The first-order valence-corrected chi connectivity index (χ1v) is 5.14. The minimum absolute atomic E-state index is 0. The smallest absolute Gasteiger partial charge is 0.259 e. The molecule has 6 heteroatoms. The van der Waals surface area contributed by atoms with E-state index >= 15 is 0 Å². The highest BCUT2D eigenvalue weighted by Crippen LogP contribution is 2.14. The predicted molar refractivity (Wildman–Crippen MR) is 62.4 cm³/mol. The summed E-state index contributed by atoms with van der Waals surface area (Å²) in [7, 11) is 0. The number of nitrogens with zero attached hydrogens (tertiary/aromatic N) is 1. The van der Waals surface area contributed by atoms with Crippen molar-refractivity contribution < 1.29 is 13.6 Å². The van der Waals surface area contributed by atoms with Gasteiger partial charge in [0.05, 0.1) is 0 Å². The zero-order valence-corrected chi connectivity index (χ0v) is 9.90. The third kappa shape index (κ3) is 2.92. The van der Waals surface area contributed by atoms with E-state index in [2.05, 4.69) is 5.32 Å². The standard InChI is InChI=1S/C11H12F2N2O.ClH/c12-8-2-1-3-9(13)10(8)11(16)15-6-4-14-5-7-15;/h1-3,14H,4-7H2;1H. The molecule has 1 aromatic carbocycles. The lowest BCUT2D eigenvalue weighted by molar-refractivity contribution is 0.0726. The second-order valence-electron chi connectivity index (χ2n) is 3.64. The van der Waals surface area contributed by atoms with Gasteiger partial charge in [-0.2, -0.15) is 0 Å². The third-order valence-corrected chi connectivity index (χ3v) is 2.58. The Balaban J connectivity index is 0.00000144. The van der Waals surface area contributed by atoms with Gasteiger partial charge in [0, 0.05) is 26.2 Å². The Morgan fingerprint density at radius 3 is 2.24 bits per heavy atom. The second-order valence-corrected chi connectivity index (χ2v) is 3.64. The average Bonchev–Trinajstić information content (AvgIpc) is 2.30. The molecule has 0 radical (unpaired) electrons. The predicted octanol–water partition coefficient (Wildman–Crippen LogP) is 1.43. The van der Waals surface area contributed by atoms with E-state index in [1.165, 1.54) is 11.0 Å². The molecule has 1 aliphatic rings. The molecule has 1 fully saturated rings. The van der Waals surface area contributed by atoms with E-state index in [0.717, 1.165) is 12.1 Å². The largest absolute Gasteiger partial charge is 0.336 e. The van der Waals surface area contributed by atoms with Crippen molar-refractivity contribution in [2.45, 2.75) is 0 Å². The third-order valence-electron chi connectivity index (χ3n) is 2.58. The number of rotatable bonds is 1. The number of amides is 1. The van der Waals surface area contributed by atoms with E-state index in [9.17, 15) is 13.6 Å². The molecule has 1 aliphatic heterocycles. The van der Waals surface area contributed by atoms with Crippen molar-refractivity contribution in [1.82, 2.24) is 10.2 Å². The summed E-state index contributed by atoms with van der Waals surface area (Å²) >= 11 is 0. The van der Waals surface area contributed by atoms with Crippen LogP contribution in [0.25, 0.3) is 0 Å². The monoisotopic (exact) mass is 262 g/mol. The summed E-state index contributed by atoms with van der Waals surface area (Å²) in [6.07, 6.45) is 0. The molecule has 1 saturated heterocycles. The maximum absolute atomic E-state index is 13.4. The number of benzene rings is 1. The lowest BCUT2D eigenvalue weighted by atomic mass is 10.1. The summed E-state index contributed by atoms with van der Waals surface area (Å²) in [4.78, 5) is 13.3. The van der Waals surface area contributed by atoms with Gasteiger partial charge < -0.3 is 10.2 Å². The van der Waals surface area contributed by atoms with E-state index in [1.807, 2.05) is 0 Å². The van der Waals surface area contributed by atoms with E-state index in [1.54, 1.807) is 0 Å². The summed E-state index contributed by atoms with van der Waals surface area (Å²) in [5, 5.41) is 3.07. The summed E-state index contributed by atoms with van der Waals surface area (Å²) in [6.45, 7) is 2.27. The van der Waals surface area contributed by atoms with Gasteiger partial charge in [0.25, 0.3) is 5.91 Å². The van der Waals surface area contributed by atoms with Gasteiger partial charge in [-0.15, -0.1) is 12.4 Å². The lowest BCUT2D eigenvalue weighted by Crippen LogP contribution is -2.46. The van der Waals surface area contributed by atoms with Gasteiger partial charge in [-0.25, -0.2) is 8.78 Å². The maximum atomic E-state index is 13.4. The van der Waals surface area contributed by atoms with E-state index in [-0.39, 0.29) is 12.4 Å². The molecular formula is C11H13ClF2N2O. The summed E-state index contributed by atoms with van der Waals surface area (Å²) < 4.78 is 26.7. The van der Waals surface area contributed by atoms with Crippen LogP contribution in [0.2, 0.25) is 0 Å². The number of carbonyl (C=O) groups is 1. The molecule has 2 rings (SSSR count). The van der Waals surface area contributed by atoms with Gasteiger partial charge in [0.15, 0.2) is 0 Å². The van der Waals surface area contributed by atoms with Gasteiger partial charge >= 0.3 is 0 Å². The molecule has 1 aromatic rings. The Morgan fingerprint density at radius 1 is 1.18 bits per heavy atom. The van der Waals surface area contributed by atoms with Gasteiger partial charge in [0.1, 0.15) is 17.2 Å². The summed E-state index contributed by atoms with van der Waals surface area (Å²) in [6, 6.07) is 3.44. The fraction of sp³-hybridized carbons (Fsp3) is 0.364. The SMILES string of the molecule is Cl.O=C(c1c(F)cccc1F)N1CCNCC1. The summed E-state index contributed by atoms with van der Waals surface area (Å²) in [5.74, 6) is -2.18. The molecule has 0 saturated carbocycles. The van der Waals surface area contributed by atoms with Crippen LogP contribution in [0.1, 0.15) is 10.4 Å². The number of hydrogen-bond donors (Lipinski definition) is 1. The van der Waals surface area contributed by atoms with Crippen LogP contribution >= 0.6 is 12.4 Å². The van der Waals surface area contributed by atoms with Crippen molar-refractivity contribution in [1.29, 1.82) is 0 Å². The highest BCUT2D eigenvalue weighted by atomic mass is 35.5. The Kier molecular flexibility index (Phi) is 4.84. The molecule has 0 spiro atoms. The molecule has 0 aromatic heterocycles. The van der Waals surface area contributed by atoms with Gasteiger partial charge in [-0.1, -0.05) is 6.07 Å². The fourth-order valence-corrected chi connectivity index (χ4v) is 1.73. The van der Waals surface area contributed by atoms with Crippen LogP contribution in [0, 0.1) is 11.6 Å². The Hall–Kier alpha value is -1.20. The minimum atomic E-state index is -0.802. The highest BCUT2D eigenvalue weighted by molar-refractivity contribution is 5.94. The first kappa shape index (κ1) is 13.9. The first-order chi connectivity index (χ1) is 7.70. The minimum Gasteiger partial charge on any atom is -0.336 e. The highest BCUT2D eigenvalue weighted by Gasteiger charge is 2.23. The molecular weight excluding hydrogens is 250 g/mol. The molecule has 0 atom stereocenters. The van der Waals surface area contributed by atoms with Crippen molar-refractivity contribution in [3.8, 4) is 0 Å². The van der Waals surface area contributed by atoms with E-state index in [0.29, 0.717) is 26.2 Å². The van der Waals surface area contributed by atoms with Crippen LogP contribution in [0.4, 0.5) is 8.78 Å². The molecule has 17 heavy (non-hydrogen) atoms. The van der Waals surface area contributed by atoms with Crippen molar-refractivity contribution in [2.24, 2.45) is 0 Å². The van der Waals surface area contributed by atoms with Crippen LogP contribution in [-0.4, -0.2) is 37.0 Å². The first-order valence-electron chi connectivity index (χ1n) is 5.14. The second kappa shape index (κ2) is 5.93. The van der Waals surface area contributed by atoms with Crippen LogP contribution in [-0.2, 0) is 0 Å². The molecule has 0 unspecified atom stereocenters. The zero-order valence-electron chi connectivity index (χ0n) is 9.08. The number of piperazine rings is 1. The fourth-order valence-electron chi connectivity index (χ4n) is 1.73. The normalized spacial score (nSPS) is 15.3. The maximum Gasteiger partial charge on any atom is 0.259 e. The van der Waals surface area contributed by atoms with E-state index < -0.39 is 23.1 Å². The summed E-state index contributed by atoms with van der Waals surface area (Å²) in [5.41, 5.74) is -0.454. The van der Waals surface area contributed by atoms with Gasteiger partial charge in [-0.3, -0.25) is 4.79 Å². The Bertz CT molecular complexity index is 388. The molecule has 1 amide bonds. The molecule has 1 N–H and O–H groups in total. The average molecular weight is 263 g/mol. The van der Waals surface area contributed by atoms with Gasteiger partial charge in [-0.05, 0) is 12.1 Å². The number of hydrogen-bond acceptors (Lipinski definition) is 2. The molecule has 1 heterocycles. The van der Waals surface area contributed by atoms with Crippen molar-refractivity contribution in [2.75, 3.05) is 26.2 Å². The van der Waals surface area contributed by atoms with Crippen LogP contribution in [0.5, 0.6) is 0 Å². The number of carbonyl (C=O) groups excluding carboxylic acids is 1. The Labute approximate surface area is 104 Å². The van der Waals surface area contributed by atoms with E-state index in [4.69, 9.17) is 0 Å². The van der Waals surface area contributed by atoms with Gasteiger partial charge in [0.2, 0.25) is 0 Å². The van der Waals surface area contributed by atoms with Crippen LogP contribution in [0.3, 0.4) is 0 Å². The van der Waals surface area contributed by atoms with Crippen molar-refractivity contribution >= 4 is 18.3 Å². The van der Waals surface area contributed by atoms with Crippen molar-refractivity contribution in [3.63, 3.8) is 0 Å².